The van der Waals surface area contributed by atoms with Crippen molar-refractivity contribution in [1.82, 2.24) is 15.1 Å². The van der Waals surface area contributed by atoms with Crippen LogP contribution >= 0.6 is 15.9 Å². The highest BCUT2D eigenvalue weighted by molar-refractivity contribution is 9.10. The number of aliphatic imine (C=N–C) groups is 1. The van der Waals surface area contributed by atoms with E-state index in [0.29, 0.717) is 43.8 Å². The maximum atomic E-state index is 13.8. The van der Waals surface area contributed by atoms with Crippen molar-refractivity contribution in [1.29, 1.82) is 0 Å². The standard InChI is InChI=1S/C28H24BrN3O5.C13H17BN2O3.C2H4O2/c1-4-5-15-31-20-9-7-6-8-19(20)28-14-16-32(24(33)17-10-12-18(29)13-11-17)27(28)30-22(26(35)37-3)21(23(28)31)25(34)36-2;1-14(18)16-12(13(17)19-2)7-9-8-15-11-6-4-3-5-10(9)11;1-4-2-3/h6-13,23H,14-16H2,1-3H3;3-6,8,12,15-16,18H,7H2,1-2H3;2H,1H3/t23-,28-;12-;/m11./s1. The Labute approximate surface area is 356 Å². The molecule has 1 fully saturated rings. The second kappa shape index (κ2) is 20.2. The summed E-state index contributed by atoms with van der Waals surface area (Å²) in [5.41, 5.74) is 3.39. The molecule has 0 aliphatic carbocycles. The summed E-state index contributed by atoms with van der Waals surface area (Å²) in [5.74, 6) is 4.36. The number of hydrogen-bond donors (Lipinski definition) is 3. The van der Waals surface area contributed by atoms with Crippen LogP contribution in [-0.2, 0) is 50.0 Å². The second-order valence-corrected chi connectivity index (χ2v) is 14.6. The van der Waals surface area contributed by atoms with Crippen LogP contribution in [0.25, 0.3) is 10.9 Å². The van der Waals surface area contributed by atoms with E-state index in [2.05, 4.69) is 42.7 Å². The number of halogens is 1. The topological polar surface area (TPSA) is 189 Å². The maximum Gasteiger partial charge on any atom is 0.374 e. The van der Waals surface area contributed by atoms with Gasteiger partial charge in [-0.3, -0.25) is 19.3 Å². The number of likely N-dealkylation sites (tertiary alicyclic amines) is 1. The highest BCUT2D eigenvalue weighted by Gasteiger charge is 2.64. The molecule has 15 nitrogen and oxygen atoms in total. The summed E-state index contributed by atoms with van der Waals surface area (Å²) >= 11 is 3.41. The molecule has 1 aromatic heterocycles. The van der Waals surface area contributed by atoms with Crippen molar-refractivity contribution in [3.63, 3.8) is 0 Å². The summed E-state index contributed by atoms with van der Waals surface area (Å²) in [6.45, 7) is 4.36. The van der Waals surface area contributed by atoms with Crippen LogP contribution in [0.3, 0.4) is 0 Å². The van der Waals surface area contributed by atoms with E-state index < -0.39 is 36.5 Å². The number of carbonyl (C=O) groups is 5. The van der Waals surface area contributed by atoms with Gasteiger partial charge in [0.25, 0.3) is 12.4 Å². The molecule has 3 aliphatic rings. The minimum absolute atomic E-state index is 0.102. The van der Waals surface area contributed by atoms with Crippen molar-refractivity contribution >= 4 is 75.7 Å². The number of anilines is 1. The molecule has 3 atom stereocenters. The Morgan fingerprint density at radius 2 is 1.68 bits per heavy atom. The molecule has 4 aromatic rings. The Kier molecular flexibility index (Phi) is 15.1. The minimum Gasteiger partial charge on any atom is -0.471 e. The average Bonchev–Trinajstić information content (AvgIpc) is 3.95. The van der Waals surface area contributed by atoms with E-state index in [0.717, 1.165) is 32.2 Å². The second-order valence-electron chi connectivity index (χ2n) is 13.7. The van der Waals surface area contributed by atoms with E-state index in [1.54, 1.807) is 42.9 Å². The van der Waals surface area contributed by atoms with Crippen LogP contribution in [0.5, 0.6) is 0 Å². The van der Waals surface area contributed by atoms with Gasteiger partial charge in [-0.1, -0.05) is 58.2 Å². The first-order valence-corrected chi connectivity index (χ1v) is 19.6. The number of para-hydroxylation sites is 2. The van der Waals surface area contributed by atoms with Gasteiger partial charge in [-0.25, -0.2) is 14.6 Å². The molecule has 312 valence electrons. The first-order chi connectivity index (χ1) is 28.9. The normalized spacial score (nSPS) is 17.4. The van der Waals surface area contributed by atoms with Crippen LogP contribution in [0.4, 0.5) is 5.69 Å². The fourth-order valence-corrected chi connectivity index (χ4v) is 8.06. The van der Waals surface area contributed by atoms with Gasteiger partial charge in [0.1, 0.15) is 11.9 Å². The molecule has 17 heteroatoms. The van der Waals surface area contributed by atoms with Crippen LogP contribution in [-0.4, -0.2) is 112 Å². The summed E-state index contributed by atoms with van der Waals surface area (Å²) in [7, 11) is 4.39. The molecule has 60 heavy (non-hydrogen) atoms. The number of nitrogens with zero attached hydrogens (tertiary/aromatic N) is 3. The third kappa shape index (κ3) is 9.01. The highest BCUT2D eigenvalue weighted by Crippen LogP contribution is 2.56. The van der Waals surface area contributed by atoms with Crippen molar-refractivity contribution in [2.45, 2.75) is 44.1 Å². The lowest BCUT2D eigenvalue weighted by atomic mass is 9.70. The van der Waals surface area contributed by atoms with Crippen LogP contribution in [0.2, 0.25) is 6.82 Å². The number of aromatic amines is 1. The SMILES string of the molecule is CC#CCN1c2ccccc2[C@@]23CCN(C(=O)c4ccc(Br)cc4)C2=NC(C(=O)OC)=C(C(=O)OC)[C@@H]13.COC(=O)[C@@H](Cc1c[nH]c2ccccc12)NB(C)O.COC=O. The molecule has 0 bridgehead atoms. The number of hydrogen-bond acceptors (Lipinski definition) is 13. The van der Waals surface area contributed by atoms with E-state index in [-0.39, 0.29) is 23.1 Å². The predicted molar refractivity (Wildman–Crippen MR) is 229 cm³/mol. The number of aromatic nitrogens is 1. The Balaban J connectivity index is 0.000000248. The van der Waals surface area contributed by atoms with Crippen LogP contribution < -0.4 is 10.1 Å². The van der Waals surface area contributed by atoms with Gasteiger partial charge in [-0.15, -0.1) is 5.92 Å². The van der Waals surface area contributed by atoms with Gasteiger partial charge < -0.3 is 39.1 Å². The Morgan fingerprint density at radius 1 is 1.02 bits per heavy atom. The number of esters is 3. The molecule has 3 N–H and O–H groups in total. The molecule has 1 amide bonds. The van der Waals surface area contributed by atoms with Gasteiger partial charge in [-0.05, 0) is 74.1 Å². The fraction of sp³-hybridized carbons (Fsp3) is 0.302. The summed E-state index contributed by atoms with van der Waals surface area (Å²) in [4.78, 5) is 72.2. The molecule has 7 rings (SSSR count). The van der Waals surface area contributed by atoms with Crippen molar-refractivity contribution < 1.29 is 47.9 Å². The average molecular weight is 883 g/mol. The number of H-pyrrole nitrogens is 1. The smallest absolute Gasteiger partial charge is 0.374 e. The fourth-order valence-electron chi connectivity index (χ4n) is 7.79. The zero-order chi connectivity index (χ0) is 43.6. The third-order valence-corrected chi connectivity index (χ3v) is 10.8. The largest absolute Gasteiger partial charge is 0.471 e. The summed E-state index contributed by atoms with van der Waals surface area (Å²) in [6.07, 6.45) is 2.84. The lowest BCUT2D eigenvalue weighted by molar-refractivity contribution is -0.142. The number of ether oxygens (including phenoxy) is 4. The van der Waals surface area contributed by atoms with E-state index in [1.165, 1.54) is 28.4 Å². The van der Waals surface area contributed by atoms with Crippen molar-refractivity contribution in [2.75, 3.05) is 46.4 Å². The summed E-state index contributed by atoms with van der Waals surface area (Å²) in [6, 6.07) is 21.5. The van der Waals surface area contributed by atoms with Gasteiger partial charge in [0.05, 0.1) is 52.0 Å². The van der Waals surface area contributed by atoms with E-state index in [4.69, 9.17) is 24.0 Å². The minimum atomic E-state index is -0.863. The number of benzene rings is 3. The van der Waals surface area contributed by atoms with Crippen LogP contribution in [0, 0.1) is 11.8 Å². The van der Waals surface area contributed by atoms with Gasteiger partial charge in [0.2, 0.25) is 0 Å². The number of amidine groups is 1. The monoisotopic (exact) mass is 881 g/mol. The molecule has 0 unspecified atom stereocenters. The molecule has 3 aliphatic heterocycles. The van der Waals surface area contributed by atoms with E-state index in [1.807, 2.05) is 59.6 Å². The predicted octanol–water partition coefficient (Wildman–Crippen LogP) is 4.20. The quantitative estimate of drug-likeness (QED) is 0.0679. The zero-order valence-corrected chi connectivity index (χ0v) is 35.6. The summed E-state index contributed by atoms with van der Waals surface area (Å²) in [5, 5.41) is 13.3. The lowest BCUT2D eigenvalue weighted by Crippen LogP contribution is -2.55. The first-order valence-electron chi connectivity index (χ1n) is 18.8. The number of methoxy groups -OCH3 is 4. The number of rotatable bonds is 10. The van der Waals surface area contributed by atoms with E-state index in [9.17, 15) is 24.2 Å². The number of nitrogens with one attached hydrogen (secondary N) is 2. The Hall–Kier alpha value is -6.22. The van der Waals surface area contributed by atoms with Crippen LogP contribution in [0.1, 0.15) is 34.8 Å². The number of amides is 1. The van der Waals surface area contributed by atoms with Gasteiger partial charge >= 0.3 is 25.0 Å². The summed E-state index contributed by atoms with van der Waals surface area (Å²) < 4.78 is 19.6. The van der Waals surface area contributed by atoms with Crippen molar-refractivity contribution in [3.8, 4) is 11.8 Å². The van der Waals surface area contributed by atoms with E-state index >= 15 is 0 Å². The molecular formula is C43H45BBrN5O10. The van der Waals surface area contributed by atoms with Crippen LogP contribution in [0.15, 0.2) is 99.7 Å². The maximum absolute atomic E-state index is 13.8. The Morgan fingerprint density at radius 3 is 2.32 bits per heavy atom. The first kappa shape index (κ1) is 44.9. The molecular weight excluding hydrogens is 837 g/mol. The Bertz CT molecular complexity index is 2370. The highest BCUT2D eigenvalue weighted by atomic mass is 79.9. The van der Waals surface area contributed by atoms with Gasteiger partial charge in [-0.2, -0.15) is 0 Å². The van der Waals surface area contributed by atoms with Gasteiger partial charge in [0, 0.05) is 39.4 Å². The lowest BCUT2D eigenvalue weighted by Gasteiger charge is -2.40. The zero-order valence-electron chi connectivity index (χ0n) is 34.0. The molecule has 0 saturated carbocycles. The third-order valence-electron chi connectivity index (χ3n) is 10.3. The van der Waals surface area contributed by atoms with Crippen molar-refractivity contribution in [3.05, 3.63) is 111 Å². The molecule has 1 saturated heterocycles. The molecule has 0 radical (unpaired) electrons. The van der Waals surface area contributed by atoms with Gasteiger partial charge in [0.15, 0.2) is 5.70 Å². The molecule has 4 heterocycles. The van der Waals surface area contributed by atoms with Crippen molar-refractivity contribution in [2.24, 2.45) is 4.99 Å². The molecule has 1 spiro atoms. The number of fused-ring (bicyclic) bond motifs is 2. The number of carbonyl (C=O) groups excluding carboxylic acids is 5. The molecule has 3 aromatic carbocycles.